The Morgan fingerprint density at radius 3 is 2.35 bits per heavy atom. The van der Waals surface area contributed by atoms with Gasteiger partial charge in [-0.2, -0.15) is 0 Å². The van der Waals surface area contributed by atoms with Crippen molar-refractivity contribution in [3.05, 3.63) is 29.8 Å². The van der Waals surface area contributed by atoms with Gasteiger partial charge in [0.05, 0.1) is 0 Å². The van der Waals surface area contributed by atoms with E-state index in [1.807, 2.05) is 0 Å². The van der Waals surface area contributed by atoms with E-state index >= 15 is 0 Å². The molecule has 26 heavy (non-hydrogen) atoms. The molecule has 2 fully saturated rings. The quantitative estimate of drug-likeness (QED) is 0.868. The summed E-state index contributed by atoms with van der Waals surface area (Å²) in [5.41, 5.74) is 8.68. The number of nitrogens with two attached hydrogens (primary N) is 1. The van der Waals surface area contributed by atoms with Crippen molar-refractivity contribution in [2.24, 2.45) is 17.6 Å². The van der Waals surface area contributed by atoms with Crippen LogP contribution in [-0.4, -0.2) is 31.6 Å². The summed E-state index contributed by atoms with van der Waals surface area (Å²) in [7, 11) is 0. The van der Waals surface area contributed by atoms with Crippen LogP contribution in [0.3, 0.4) is 0 Å². The van der Waals surface area contributed by atoms with Crippen LogP contribution in [0.4, 0.5) is 5.69 Å². The first kappa shape index (κ1) is 19.2. The Bertz CT molecular complexity index is 597. The fourth-order valence-electron chi connectivity index (χ4n) is 4.43. The minimum atomic E-state index is 0.142. The van der Waals surface area contributed by atoms with Crippen LogP contribution in [0.5, 0.6) is 0 Å². The summed E-state index contributed by atoms with van der Waals surface area (Å²) in [6.45, 7) is 9.39. The van der Waals surface area contributed by atoms with Crippen LogP contribution in [-0.2, 0) is 10.2 Å². The van der Waals surface area contributed by atoms with E-state index in [0.717, 1.165) is 45.2 Å². The summed E-state index contributed by atoms with van der Waals surface area (Å²) in [5.74, 6) is 0.769. The second-order valence-corrected chi connectivity index (χ2v) is 9.10. The van der Waals surface area contributed by atoms with Gasteiger partial charge in [-0.05, 0) is 61.3 Å². The molecule has 1 aromatic rings. The highest BCUT2D eigenvalue weighted by Gasteiger charge is 2.33. The van der Waals surface area contributed by atoms with E-state index in [9.17, 15) is 4.79 Å². The number of carbonyl (C=O) groups excluding carboxylic acids is 1. The minimum Gasteiger partial charge on any atom is -0.371 e. The normalized spacial score (nSPS) is 24.7. The molecule has 2 atom stereocenters. The number of benzene rings is 1. The van der Waals surface area contributed by atoms with E-state index in [0.29, 0.717) is 18.5 Å². The lowest BCUT2D eigenvalue weighted by atomic mass is 9.87. The standard InChI is InChI=1S/C22H35N3O/c1-22(2,3)17-7-9-19(10-8-17)25-13-11-18(12-14-25)24-21(26)20-6-4-5-16(20)15-23/h7-10,16,18,20H,4-6,11-15,23H2,1-3H3,(H,24,26)/t16-,20-/m1/s1. The van der Waals surface area contributed by atoms with E-state index < -0.39 is 0 Å². The van der Waals surface area contributed by atoms with Crippen LogP contribution in [0, 0.1) is 11.8 Å². The van der Waals surface area contributed by atoms with Crippen LogP contribution < -0.4 is 16.0 Å². The van der Waals surface area contributed by atoms with E-state index in [2.05, 4.69) is 55.3 Å². The number of anilines is 1. The van der Waals surface area contributed by atoms with Crippen molar-refractivity contribution >= 4 is 11.6 Å². The molecule has 1 aliphatic carbocycles. The molecule has 3 rings (SSSR count). The molecule has 0 unspecified atom stereocenters. The molecule has 1 aromatic carbocycles. The zero-order valence-electron chi connectivity index (χ0n) is 16.6. The Hall–Kier alpha value is -1.55. The maximum atomic E-state index is 12.6. The largest absolute Gasteiger partial charge is 0.371 e. The smallest absolute Gasteiger partial charge is 0.223 e. The topological polar surface area (TPSA) is 58.4 Å². The van der Waals surface area contributed by atoms with Gasteiger partial charge in [0.1, 0.15) is 0 Å². The molecule has 4 heteroatoms. The highest BCUT2D eigenvalue weighted by Crippen LogP contribution is 2.31. The Balaban J connectivity index is 1.50. The third-order valence-corrected chi connectivity index (χ3v) is 6.24. The van der Waals surface area contributed by atoms with Crippen molar-refractivity contribution in [1.29, 1.82) is 0 Å². The molecular weight excluding hydrogens is 322 g/mol. The molecule has 0 aromatic heterocycles. The van der Waals surface area contributed by atoms with Crippen LogP contribution in [0.25, 0.3) is 0 Å². The first-order valence-corrected chi connectivity index (χ1v) is 10.2. The van der Waals surface area contributed by atoms with E-state index in [4.69, 9.17) is 5.73 Å². The lowest BCUT2D eigenvalue weighted by molar-refractivity contribution is -0.126. The third-order valence-electron chi connectivity index (χ3n) is 6.24. The predicted octanol–water partition coefficient (Wildman–Crippen LogP) is 3.44. The summed E-state index contributed by atoms with van der Waals surface area (Å²) >= 11 is 0. The lowest BCUT2D eigenvalue weighted by Crippen LogP contribution is -2.47. The fraction of sp³-hybridized carbons (Fsp3) is 0.682. The molecule has 0 radical (unpaired) electrons. The lowest BCUT2D eigenvalue weighted by Gasteiger charge is -2.35. The second kappa shape index (κ2) is 7.99. The number of piperidine rings is 1. The number of nitrogens with one attached hydrogen (secondary N) is 1. The van der Waals surface area contributed by atoms with Crippen molar-refractivity contribution in [3.8, 4) is 0 Å². The Labute approximate surface area is 158 Å². The summed E-state index contributed by atoms with van der Waals surface area (Å²) in [4.78, 5) is 15.0. The van der Waals surface area contributed by atoms with Gasteiger partial charge in [0.25, 0.3) is 0 Å². The summed E-state index contributed by atoms with van der Waals surface area (Å²) in [5, 5.41) is 3.30. The monoisotopic (exact) mass is 357 g/mol. The third kappa shape index (κ3) is 4.40. The average molecular weight is 358 g/mol. The second-order valence-electron chi connectivity index (χ2n) is 9.10. The molecule has 1 saturated heterocycles. The van der Waals surface area contributed by atoms with Crippen LogP contribution >= 0.6 is 0 Å². The van der Waals surface area contributed by atoms with Gasteiger partial charge >= 0.3 is 0 Å². The average Bonchev–Trinajstić information content (AvgIpc) is 3.11. The van der Waals surface area contributed by atoms with Gasteiger partial charge in [-0.15, -0.1) is 0 Å². The predicted molar refractivity (Wildman–Crippen MR) is 108 cm³/mol. The molecule has 4 nitrogen and oxygen atoms in total. The molecular formula is C22H35N3O. The van der Waals surface area contributed by atoms with Crippen molar-refractivity contribution in [2.45, 2.75) is 64.3 Å². The van der Waals surface area contributed by atoms with Crippen molar-refractivity contribution in [2.75, 3.05) is 24.5 Å². The fourth-order valence-corrected chi connectivity index (χ4v) is 4.43. The number of nitrogens with zero attached hydrogens (tertiary/aromatic N) is 1. The molecule has 1 aliphatic heterocycles. The van der Waals surface area contributed by atoms with Gasteiger partial charge in [-0.25, -0.2) is 0 Å². The molecule has 1 amide bonds. The zero-order valence-corrected chi connectivity index (χ0v) is 16.6. The first-order chi connectivity index (χ1) is 12.4. The van der Waals surface area contributed by atoms with Gasteiger partial charge in [-0.3, -0.25) is 4.79 Å². The molecule has 144 valence electrons. The van der Waals surface area contributed by atoms with Gasteiger partial charge in [0.15, 0.2) is 0 Å². The maximum Gasteiger partial charge on any atom is 0.223 e. The molecule has 3 N–H and O–H groups in total. The van der Waals surface area contributed by atoms with Gasteiger partial charge in [0.2, 0.25) is 5.91 Å². The molecule has 0 spiro atoms. The van der Waals surface area contributed by atoms with Crippen molar-refractivity contribution in [3.63, 3.8) is 0 Å². The van der Waals surface area contributed by atoms with Gasteiger partial charge in [0, 0.05) is 30.7 Å². The molecule has 0 bridgehead atoms. The van der Waals surface area contributed by atoms with E-state index in [1.165, 1.54) is 11.3 Å². The van der Waals surface area contributed by atoms with Gasteiger partial charge < -0.3 is 16.0 Å². The molecule has 1 saturated carbocycles. The maximum absolute atomic E-state index is 12.6. The zero-order chi connectivity index (χ0) is 18.7. The number of carbonyl (C=O) groups is 1. The first-order valence-electron chi connectivity index (χ1n) is 10.2. The number of hydrogen-bond donors (Lipinski definition) is 2. The highest BCUT2D eigenvalue weighted by atomic mass is 16.2. The molecule has 1 heterocycles. The summed E-state index contributed by atoms with van der Waals surface area (Å²) in [6, 6.07) is 9.28. The number of amides is 1. The summed E-state index contributed by atoms with van der Waals surface area (Å²) in [6.07, 6.45) is 5.30. The van der Waals surface area contributed by atoms with Crippen molar-refractivity contribution in [1.82, 2.24) is 5.32 Å². The summed E-state index contributed by atoms with van der Waals surface area (Å²) < 4.78 is 0. The van der Waals surface area contributed by atoms with Crippen LogP contribution in [0.2, 0.25) is 0 Å². The van der Waals surface area contributed by atoms with Crippen molar-refractivity contribution < 1.29 is 4.79 Å². The van der Waals surface area contributed by atoms with E-state index in [-0.39, 0.29) is 17.2 Å². The minimum absolute atomic E-state index is 0.142. The Morgan fingerprint density at radius 2 is 1.77 bits per heavy atom. The Morgan fingerprint density at radius 1 is 1.12 bits per heavy atom. The molecule has 2 aliphatic rings. The SMILES string of the molecule is CC(C)(C)c1ccc(N2CCC(NC(=O)[C@@H]3CCC[C@@H]3CN)CC2)cc1. The number of hydrogen-bond acceptors (Lipinski definition) is 3. The highest BCUT2D eigenvalue weighted by molar-refractivity contribution is 5.79. The number of rotatable bonds is 4. The van der Waals surface area contributed by atoms with E-state index in [1.54, 1.807) is 0 Å². The van der Waals surface area contributed by atoms with Crippen LogP contribution in [0.1, 0.15) is 58.4 Å². The Kier molecular flexibility index (Phi) is 5.91. The van der Waals surface area contributed by atoms with Crippen LogP contribution in [0.15, 0.2) is 24.3 Å². The van der Waals surface area contributed by atoms with Gasteiger partial charge in [-0.1, -0.05) is 39.3 Å².